The third-order valence-electron chi connectivity index (χ3n) is 5.05. The fraction of sp³-hybridized carbons (Fsp3) is 0. The third kappa shape index (κ3) is 3.17. The standard InChI is InChI=1S/2C13H9.Cr/c2*1-3-7-12-10(5-1)9-11-6-2-4-8-13(11)12;/h2*1-9H;/q2*-1;+2. The van der Waals surface area contributed by atoms with Crippen molar-refractivity contribution in [3.05, 3.63) is 109 Å². The molecule has 0 amide bonds. The Bertz CT molecular complexity index is 1130. The second-order valence-electron chi connectivity index (χ2n) is 6.64. The van der Waals surface area contributed by atoms with Gasteiger partial charge in [-0.3, -0.25) is 0 Å². The molecule has 0 aliphatic heterocycles. The van der Waals surface area contributed by atoms with Gasteiger partial charge in [0, 0.05) is 0 Å². The number of hydrogen-bond acceptors (Lipinski definition) is 0. The fourth-order valence-corrected chi connectivity index (χ4v) is 3.81. The van der Waals surface area contributed by atoms with Crippen molar-refractivity contribution >= 4 is 43.1 Å². The Morgan fingerprint density at radius 3 is 0.815 bits per heavy atom. The SMILES string of the molecule is [Cr+2].c1ccc2c(c1)[cH-]c1ccccc12.c1ccc2c(c1)[cH-]c1ccccc12. The van der Waals surface area contributed by atoms with Gasteiger partial charge < -0.3 is 0 Å². The zero-order chi connectivity index (χ0) is 17.3. The minimum absolute atomic E-state index is 0. The van der Waals surface area contributed by atoms with E-state index in [0.717, 1.165) is 0 Å². The zero-order valence-electron chi connectivity index (χ0n) is 14.8. The molecular formula is C26H18Cr. The first-order valence-corrected chi connectivity index (χ1v) is 8.96. The summed E-state index contributed by atoms with van der Waals surface area (Å²) in [5.41, 5.74) is 0. The molecule has 0 heterocycles. The molecular weight excluding hydrogens is 364 g/mol. The van der Waals surface area contributed by atoms with Gasteiger partial charge in [-0.25, -0.2) is 0 Å². The molecule has 0 atom stereocenters. The van der Waals surface area contributed by atoms with Crippen LogP contribution in [0.2, 0.25) is 0 Å². The van der Waals surface area contributed by atoms with Crippen molar-refractivity contribution in [1.82, 2.24) is 0 Å². The van der Waals surface area contributed by atoms with Gasteiger partial charge in [0.15, 0.2) is 0 Å². The topological polar surface area (TPSA) is 0 Å². The zero-order valence-corrected chi connectivity index (χ0v) is 16.1. The van der Waals surface area contributed by atoms with Gasteiger partial charge >= 0.3 is 17.4 Å². The molecule has 0 unspecified atom stereocenters. The van der Waals surface area contributed by atoms with E-state index < -0.39 is 0 Å². The molecule has 128 valence electrons. The van der Waals surface area contributed by atoms with E-state index in [1.54, 1.807) is 0 Å². The molecule has 0 aromatic heterocycles. The van der Waals surface area contributed by atoms with Crippen molar-refractivity contribution < 1.29 is 17.4 Å². The second kappa shape index (κ2) is 7.41. The predicted molar refractivity (Wildman–Crippen MR) is 114 cm³/mol. The first-order valence-electron chi connectivity index (χ1n) is 8.96. The molecule has 0 N–H and O–H groups in total. The molecule has 0 aliphatic carbocycles. The molecule has 0 saturated heterocycles. The summed E-state index contributed by atoms with van der Waals surface area (Å²) in [6.45, 7) is 0. The molecule has 0 nitrogen and oxygen atoms in total. The first kappa shape index (κ1) is 17.6. The van der Waals surface area contributed by atoms with E-state index in [1.807, 2.05) is 0 Å². The number of rotatable bonds is 0. The van der Waals surface area contributed by atoms with Crippen molar-refractivity contribution in [3.63, 3.8) is 0 Å². The van der Waals surface area contributed by atoms with Gasteiger partial charge in [-0.1, -0.05) is 72.8 Å². The average molecular weight is 382 g/mol. The van der Waals surface area contributed by atoms with Crippen LogP contribution in [-0.4, -0.2) is 0 Å². The van der Waals surface area contributed by atoms with Gasteiger partial charge in [-0.05, 0) is 0 Å². The van der Waals surface area contributed by atoms with Crippen molar-refractivity contribution in [2.24, 2.45) is 0 Å². The summed E-state index contributed by atoms with van der Waals surface area (Å²) in [6.07, 6.45) is 0. The molecule has 1 heteroatoms. The Hall–Kier alpha value is -2.85. The van der Waals surface area contributed by atoms with E-state index in [-0.39, 0.29) is 17.4 Å². The molecule has 0 spiro atoms. The van der Waals surface area contributed by atoms with Crippen LogP contribution in [0.1, 0.15) is 0 Å². The van der Waals surface area contributed by atoms with Crippen LogP contribution < -0.4 is 0 Å². The van der Waals surface area contributed by atoms with Crippen molar-refractivity contribution in [2.75, 3.05) is 0 Å². The van der Waals surface area contributed by atoms with E-state index in [9.17, 15) is 0 Å². The van der Waals surface area contributed by atoms with Gasteiger partial charge in [0.2, 0.25) is 0 Å². The monoisotopic (exact) mass is 382 g/mol. The summed E-state index contributed by atoms with van der Waals surface area (Å²) in [4.78, 5) is 0. The van der Waals surface area contributed by atoms with Crippen LogP contribution in [-0.2, 0) is 17.4 Å². The van der Waals surface area contributed by atoms with Crippen LogP contribution in [0.5, 0.6) is 0 Å². The van der Waals surface area contributed by atoms with Gasteiger partial charge in [0.1, 0.15) is 0 Å². The predicted octanol–water partition coefficient (Wildman–Crippen LogP) is 7.42. The van der Waals surface area contributed by atoms with Gasteiger partial charge in [-0.15, -0.1) is 79.5 Å². The number of benzene rings is 4. The molecule has 0 radical (unpaired) electrons. The largest absolute Gasteiger partial charge is 2.00 e. The van der Waals surface area contributed by atoms with Crippen LogP contribution in [0.4, 0.5) is 0 Å². The van der Waals surface area contributed by atoms with Crippen molar-refractivity contribution in [1.29, 1.82) is 0 Å². The van der Waals surface area contributed by atoms with Crippen LogP contribution >= 0.6 is 0 Å². The molecule has 0 bridgehead atoms. The van der Waals surface area contributed by atoms with Crippen LogP contribution in [0.3, 0.4) is 0 Å². The average Bonchev–Trinajstić information content (AvgIpc) is 3.27. The Morgan fingerprint density at radius 2 is 0.556 bits per heavy atom. The van der Waals surface area contributed by atoms with Gasteiger partial charge in [0.05, 0.1) is 0 Å². The summed E-state index contributed by atoms with van der Waals surface area (Å²) in [6, 6.07) is 38.5. The Morgan fingerprint density at radius 1 is 0.333 bits per heavy atom. The summed E-state index contributed by atoms with van der Waals surface area (Å²) >= 11 is 0. The molecule has 6 aromatic carbocycles. The fourth-order valence-electron chi connectivity index (χ4n) is 3.81. The maximum atomic E-state index is 2.24. The van der Waals surface area contributed by atoms with E-state index in [0.29, 0.717) is 0 Å². The second-order valence-corrected chi connectivity index (χ2v) is 6.64. The Kier molecular flexibility index (Phi) is 4.82. The molecule has 27 heavy (non-hydrogen) atoms. The normalized spacial score (nSPS) is 10.7. The Labute approximate surface area is 169 Å². The molecule has 0 aliphatic rings. The van der Waals surface area contributed by atoms with E-state index in [2.05, 4.69) is 109 Å². The van der Waals surface area contributed by atoms with E-state index in [4.69, 9.17) is 0 Å². The minimum atomic E-state index is 0. The summed E-state index contributed by atoms with van der Waals surface area (Å²) in [7, 11) is 0. The minimum Gasteiger partial charge on any atom is -0.126 e. The summed E-state index contributed by atoms with van der Waals surface area (Å²) in [5, 5.41) is 10.8. The van der Waals surface area contributed by atoms with Crippen molar-refractivity contribution in [2.45, 2.75) is 0 Å². The van der Waals surface area contributed by atoms with Gasteiger partial charge in [-0.2, -0.15) is 0 Å². The van der Waals surface area contributed by atoms with E-state index >= 15 is 0 Å². The molecule has 6 aromatic rings. The van der Waals surface area contributed by atoms with Crippen LogP contribution in [0.15, 0.2) is 109 Å². The van der Waals surface area contributed by atoms with Crippen molar-refractivity contribution in [3.8, 4) is 0 Å². The first-order chi connectivity index (χ1) is 12.9. The smallest absolute Gasteiger partial charge is 0.126 e. The van der Waals surface area contributed by atoms with Crippen LogP contribution in [0, 0.1) is 0 Å². The molecule has 6 rings (SSSR count). The molecule has 0 saturated carbocycles. The van der Waals surface area contributed by atoms with Gasteiger partial charge in [0.25, 0.3) is 0 Å². The Balaban J connectivity index is 0.000000129. The molecule has 0 fully saturated rings. The maximum absolute atomic E-state index is 2.24. The number of hydrogen-bond donors (Lipinski definition) is 0. The van der Waals surface area contributed by atoms with E-state index in [1.165, 1.54) is 43.1 Å². The summed E-state index contributed by atoms with van der Waals surface area (Å²) in [5.74, 6) is 0. The maximum Gasteiger partial charge on any atom is 2.00 e. The third-order valence-corrected chi connectivity index (χ3v) is 5.05. The number of fused-ring (bicyclic) bond motifs is 6. The summed E-state index contributed by atoms with van der Waals surface area (Å²) < 4.78 is 0. The quantitative estimate of drug-likeness (QED) is 0.240. The van der Waals surface area contributed by atoms with Crippen LogP contribution in [0.25, 0.3) is 43.1 Å².